The molecule has 0 bridgehead atoms. The average Bonchev–Trinajstić information content (AvgIpc) is 2.73. The Bertz CT molecular complexity index is 983. The van der Waals surface area contributed by atoms with Crippen LogP contribution >= 0.6 is 0 Å². The van der Waals surface area contributed by atoms with Crippen molar-refractivity contribution in [2.75, 3.05) is 5.32 Å². The summed E-state index contributed by atoms with van der Waals surface area (Å²) in [5.74, 6) is -1.85. The second-order valence-electron chi connectivity index (χ2n) is 6.66. The number of benzene rings is 3. The lowest BCUT2D eigenvalue weighted by Gasteiger charge is -2.15. The van der Waals surface area contributed by atoms with Crippen molar-refractivity contribution in [2.45, 2.75) is 19.5 Å². The third-order valence-corrected chi connectivity index (χ3v) is 4.49. The molecule has 0 saturated heterocycles. The number of anilines is 1. The van der Waals surface area contributed by atoms with Crippen molar-refractivity contribution in [3.8, 4) is 0 Å². The first-order chi connectivity index (χ1) is 14.0. The summed E-state index contributed by atoms with van der Waals surface area (Å²) in [6.07, 6.45) is 2.28. The Labute approximate surface area is 169 Å². The molecule has 3 aromatic carbocycles. The Balaban J connectivity index is 1.60. The van der Waals surface area contributed by atoms with Crippen LogP contribution in [0.5, 0.6) is 0 Å². The van der Waals surface area contributed by atoms with Gasteiger partial charge in [0.2, 0.25) is 5.91 Å². The Morgan fingerprint density at radius 2 is 1.66 bits per heavy atom. The maximum Gasteiger partial charge on any atom is 0.244 e. The third-order valence-electron chi connectivity index (χ3n) is 4.49. The molecular weight excluding hydrogens is 370 g/mol. The van der Waals surface area contributed by atoms with E-state index in [4.69, 9.17) is 0 Å². The van der Waals surface area contributed by atoms with Crippen molar-refractivity contribution in [2.24, 2.45) is 0 Å². The van der Waals surface area contributed by atoms with E-state index >= 15 is 0 Å². The first kappa shape index (κ1) is 20.3. The minimum atomic E-state index is -0.709. The molecule has 29 heavy (non-hydrogen) atoms. The molecule has 148 valence electrons. The SMILES string of the molecule is CC(NC(=O)/C=C\c1c(F)cccc1F)c1cccc(NCc2ccccc2)c1. The van der Waals surface area contributed by atoms with Gasteiger partial charge in [-0.15, -0.1) is 0 Å². The van der Waals surface area contributed by atoms with Crippen molar-refractivity contribution >= 4 is 17.7 Å². The molecule has 1 amide bonds. The van der Waals surface area contributed by atoms with Crippen molar-refractivity contribution in [1.29, 1.82) is 0 Å². The summed E-state index contributed by atoms with van der Waals surface area (Å²) in [7, 11) is 0. The summed E-state index contributed by atoms with van der Waals surface area (Å²) in [6.45, 7) is 2.55. The van der Waals surface area contributed by atoms with Crippen molar-refractivity contribution in [1.82, 2.24) is 5.32 Å². The highest BCUT2D eigenvalue weighted by atomic mass is 19.1. The van der Waals surface area contributed by atoms with Gasteiger partial charge in [0, 0.05) is 23.9 Å². The van der Waals surface area contributed by atoms with E-state index in [-0.39, 0.29) is 11.6 Å². The summed E-state index contributed by atoms with van der Waals surface area (Å²) in [4.78, 5) is 12.2. The van der Waals surface area contributed by atoms with E-state index in [1.807, 2.05) is 61.5 Å². The maximum absolute atomic E-state index is 13.6. The second kappa shape index (κ2) is 9.64. The van der Waals surface area contributed by atoms with Crippen LogP contribution in [-0.4, -0.2) is 5.91 Å². The molecule has 5 heteroatoms. The predicted molar refractivity (Wildman–Crippen MR) is 112 cm³/mol. The normalized spacial score (nSPS) is 12.0. The molecule has 0 saturated carbocycles. The van der Waals surface area contributed by atoms with Crippen molar-refractivity contribution in [3.63, 3.8) is 0 Å². The highest BCUT2D eigenvalue weighted by Crippen LogP contribution is 2.19. The van der Waals surface area contributed by atoms with E-state index < -0.39 is 17.5 Å². The largest absolute Gasteiger partial charge is 0.381 e. The van der Waals surface area contributed by atoms with Crippen LogP contribution in [0.3, 0.4) is 0 Å². The number of hydrogen-bond acceptors (Lipinski definition) is 2. The molecule has 3 nitrogen and oxygen atoms in total. The quantitative estimate of drug-likeness (QED) is 0.524. The van der Waals surface area contributed by atoms with Gasteiger partial charge in [-0.2, -0.15) is 0 Å². The number of halogens is 2. The Hall–Kier alpha value is -3.47. The zero-order valence-electron chi connectivity index (χ0n) is 16.0. The number of rotatable bonds is 7. The van der Waals surface area contributed by atoms with Gasteiger partial charge in [-0.3, -0.25) is 4.79 Å². The van der Waals surface area contributed by atoms with Gasteiger partial charge in [0.15, 0.2) is 0 Å². The van der Waals surface area contributed by atoms with E-state index in [1.165, 1.54) is 11.6 Å². The number of carbonyl (C=O) groups excluding carboxylic acids is 1. The van der Waals surface area contributed by atoms with Crippen LogP contribution in [0.1, 0.15) is 29.7 Å². The minimum absolute atomic E-state index is 0.234. The molecule has 0 aromatic heterocycles. The van der Waals surface area contributed by atoms with E-state index in [9.17, 15) is 13.6 Å². The van der Waals surface area contributed by atoms with Gasteiger partial charge in [-0.25, -0.2) is 8.78 Å². The van der Waals surface area contributed by atoms with Crippen molar-refractivity contribution < 1.29 is 13.6 Å². The smallest absolute Gasteiger partial charge is 0.244 e. The molecule has 0 aliphatic rings. The molecule has 2 N–H and O–H groups in total. The lowest BCUT2D eigenvalue weighted by atomic mass is 10.1. The fourth-order valence-electron chi connectivity index (χ4n) is 2.89. The third kappa shape index (κ3) is 5.75. The fraction of sp³-hybridized carbons (Fsp3) is 0.125. The van der Waals surface area contributed by atoms with Crippen LogP contribution in [0, 0.1) is 11.6 Å². The van der Waals surface area contributed by atoms with Crippen LogP contribution in [0.2, 0.25) is 0 Å². The van der Waals surface area contributed by atoms with Crippen LogP contribution in [0.4, 0.5) is 14.5 Å². The summed E-state index contributed by atoms with van der Waals surface area (Å²) in [6, 6.07) is 21.1. The minimum Gasteiger partial charge on any atom is -0.381 e. The summed E-state index contributed by atoms with van der Waals surface area (Å²) in [5, 5.41) is 6.17. The standard InChI is InChI=1S/C24H22F2N2O/c1-17(28-24(29)14-13-21-22(25)11-6-12-23(21)26)19-9-5-10-20(15-19)27-16-18-7-3-2-4-8-18/h2-15,17,27H,16H2,1H3,(H,28,29)/b14-13-. The number of amides is 1. The molecule has 0 aliphatic heterocycles. The highest BCUT2D eigenvalue weighted by Gasteiger charge is 2.10. The number of carbonyl (C=O) groups is 1. The van der Waals surface area contributed by atoms with Gasteiger partial charge in [0.1, 0.15) is 11.6 Å². The zero-order chi connectivity index (χ0) is 20.6. The molecule has 0 radical (unpaired) electrons. The van der Waals surface area contributed by atoms with Gasteiger partial charge < -0.3 is 10.6 Å². The van der Waals surface area contributed by atoms with Crippen LogP contribution in [0.25, 0.3) is 6.08 Å². The van der Waals surface area contributed by atoms with Gasteiger partial charge in [0.05, 0.1) is 6.04 Å². The van der Waals surface area contributed by atoms with Gasteiger partial charge in [0.25, 0.3) is 0 Å². The number of nitrogens with one attached hydrogen (secondary N) is 2. The van der Waals surface area contributed by atoms with Gasteiger partial charge in [-0.05, 0) is 48.4 Å². The molecule has 0 aliphatic carbocycles. The van der Waals surface area contributed by atoms with E-state index in [2.05, 4.69) is 10.6 Å². The topological polar surface area (TPSA) is 41.1 Å². The van der Waals surface area contributed by atoms with E-state index in [0.717, 1.165) is 35.5 Å². The first-order valence-electron chi connectivity index (χ1n) is 9.33. The average molecular weight is 392 g/mol. The highest BCUT2D eigenvalue weighted by molar-refractivity contribution is 5.92. The Morgan fingerprint density at radius 3 is 2.38 bits per heavy atom. The van der Waals surface area contributed by atoms with Crippen LogP contribution in [0.15, 0.2) is 78.9 Å². The lowest BCUT2D eigenvalue weighted by Crippen LogP contribution is -2.24. The van der Waals surface area contributed by atoms with Gasteiger partial charge in [-0.1, -0.05) is 48.5 Å². The van der Waals surface area contributed by atoms with E-state index in [1.54, 1.807) is 0 Å². The van der Waals surface area contributed by atoms with E-state index in [0.29, 0.717) is 6.54 Å². The Morgan fingerprint density at radius 1 is 0.966 bits per heavy atom. The lowest BCUT2D eigenvalue weighted by molar-refractivity contribution is -0.117. The summed E-state index contributed by atoms with van der Waals surface area (Å²) < 4.78 is 27.3. The summed E-state index contributed by atoms with van der Waals surface area (Å²) >= 11 is 0. The molecule has 0 heterocycles. The van der Waals surface area contributed by atoms with Crippen molar-refractivity contribution in [3.05, 3.63) is 107 Å². The molecule has 3 rings (SSSR count). The first-order valence-corrected chi connectivity index (χ1v) is 9.33. The maximum atomic E-state index is 13.6. The molecule has 3 aromatic rings. The molecule has 1 unspecified atom stereocenters. The summed E-state index contributed by atoms with van der Waals surface area (Å²) in [5.41, 5.74) is 2.80. The fourth-order valence-corrected chi connectivity index (χ4v) is 2.89. The van der Waals surface area contributed by atoms with Crippen LogP contribution in [-0.2, 0) is 11.3 Å². The molecule has 1 atom stereocenters. The Kier molecular flexibility index (Phi) is 6.74. The predicted octanol–water partition coefficient (Wildman–Crippen LogP) is 5.47. The zero-order valence-corrected chi connectivity index (χ0v) is 16.0. The molecule has 0 fully saturated rings. The molecule has 0 spiro atoms. The number of hydrogen-bond donors (Lipinski definition) is 2. The van der Waals surface area contributed by atoms with Crippen LogP contribution < -0.4 is 10.6 Å². The van der Waals surface area contributed by atoms with Gasteiger partial charge >= 0.3 is 0 Å². The second-order valence-corrected chi connectivity index (χ2v) is 6.66. The monoisotopic (exact) mass is 392 g/mol. The molecular formula is C24H22F2N2O.